The van der Waals surface area contributed by atoms with Crippen LogP contribution >= 0.6 is 0 Å². The Hall–Kier alpha value is -4.18. The summed E-state index contributed by atoms with van der Waals surface area (Å²) in [6.07, 6.45) is 8.69. The van der Waals surface area contributed by atoms with Crippen molar-refractivity contribution >= 4 is 22.7 Å². The molecular weight excluding hydrogens is 598 g/mol. The van der Waals surface area contributed by atoms with Gasteiger partial charge in [-0.15, -0.1) is 6.58 Å². The van der Waals surface area contributed by atoms with Crippen molar-refractivity contribution in [2.45, 2.75) is 76.7 Å². The summed E-state index contributed by atoms with van der Waals surface area (Å²) in [6, 6.07) is 14.6. The van der Waals surface area contributed by atoms with Crippen LogP contribution in [0.25, 0.3) is 16.6 Å². The van der Waals surface area contributed by atoms with Crippen LogP contribution < -0.4 is 15.3 Å². The van der Waals surface area contributed by atoms with Crippen molar-refractivity contribution in [3.8, 4) is 5.69 Å². The van der Waals surface area contributed by atoms with Crippen LogP contribution in [0.5, 0.6) is 0 Å². The highest BCUT2D eigenvalue weighted by Crippen LogP contribution is 2.37. The number of anilines is 1. The van der Waals surface area contributed by atoms with E-state index in [1.54, 1.807) is 24.3 Å². The van der Waals surface area contributed by atoms with Crippen molar-refractivity contribution in [3.05, 3.63) is 90.0 Å². The fraction of sp³-hybridized carbons (Fsp3) is 0.459. The number of carboxylic acid groups (broad SMARTS) is 1. The van der Waals surface area contributed by atoms with Crippen molar-refractivity contribution in [1.29, 1.82) is 0 Å². The zero-order valence-corrected chi connectivity index (χ0v) is 27.6. The van der Waals surface area contributed by atoms with Gasteiger partial charge in [-0.2, -0.15) is 13.9 Å². The first-order chi connectivity index (χ1) is 22.6. The molecule has 2 heterocycles. The second-order valence-corrected chi connectivity index (χ2v) is 13.2. The van der Waals surface area contributed by atoms with Crippen LogP contribution in [0, 0.1) is 11.8 Å². The molecule has 0 spiro atoms. The molecule has 5 rings (SSSR count). The molecular formula is C37H45F2N6O2-. The molecule has 0 radical (unpaired) electrons. The van der Waals surface area contributed by atoms with E-state index < -0.39 is 18.3 Å². The Morgan fingerprint density at radius 1 is 1.11 bits per heavy atom. The maximum Gasteiger partial charge on any atom is 0.293 e. The zero-order valence-electron chi connectivity index (χ0n) is 27.6. The number of halogens is 2. The Labute approximate surface area is 275 Å². The maximum absolute atomic E-state index is 15.4. The van der Waals surface area contributed by atoms with Gasteiger partial charge in [0.1, 0.15) is 17.3 Å². The zero-order chi connectivity index (χ0) is 33.6. The second-order valence-electron chi connectivity index (χ2n) is 13.2. The van der Waals surface area contributed by atoms with Crippen molar-refractivity contribution in [2.24, 2.45) is 11.8 Å². The number of para-hydroxylation sites is 1. The topological polar surface area (TPSA) is 99.0 Å². The van der Waals surface area contributed by atoms with Gasteiger partial charge in [0.2, 0.25) is 0 Å². The highest BCUT2D eigenvalue weighted by atomic mass is 19.3. The Kier molecular flexibility index (Phi) is 11.0. The van der Waals surface area contributed by atoms with Crippen molar-refractivity contribution in [2.75, 3.05) is 25.5 Å². The minimum atomic E-state index is -3.17. The number of aromatic nitrogens is 4. The molecule has 2 aromatic carbocycles. The SMILES string of the molecule is C=CCC(F)(F)c1c(CNCC2CCC(CCC(C)c3nc(N(C)C)c4ccccc4n3)CC2)cnn1-c1ccc(CC(=O)[O-])cc1. The van der Waals surface area contributed by atoms with E-state index >= 15 is 8.78 Å². The Balaban J connectivity index is 1.14. The third kappa shape index (κ3) is 8.41. The van der Waals surface area contributed by atoms with Crippen LogP contribution in [0.2, 0.25) is 0 Å². The number of hydrogen-bond donors (Lipinski definition) is 1. The van der Waals surface area contributed by atoms with E-state index in [-0.39, 0.29) is 24.6 Å². The molecule has 1 aliphatic carbocycles. The lowest BCUT2D eigenvalue weighted by Crippen LogP contribution is -2.28. The first-order valence-electron chi connectivity index (χ1n) is 16.6. The molecule has 1 aliphatic rings. The molecule has 1 fully saturated rings. The number of nitrogens with zero attached hydrogens (tertiary/aromatic N) is 5. The van der Waals surface area contributed by atoms with Crippen LogP contribution in [0.1, 0.15) is 80.4 Å². The number of carbonyl (C=O) groups is 1. The fourth-order valence-corrected chi connectivity index (χ4v) is 6.69. The van der Waals surface area contributed by atoms with E-state index in [2.05, 4.69) is 41.0 Å². The molecule has 8 nitrogen and oxygen atoms in total. The van der Waals surface area contributed by atoms with Crippen LogP contribution in [0.15, 0.2) is 67.4 Å². The summed E-state index contributed by atoms with van der Waals surface area (Å²) in [5, 5.41) is 19.7. The molecule has 0 amide bonds. The van der Waals surface area contributed by atoms with Gasteiger partial charge in [-0.3, -0.25) is 0 Å². The van der Waals surface area contributed by atoms with E-state index in [4.69, 9.17) is 9.97 Å². The molecule has 0 aliphatic heterocycles. The van der Waals surface area contributed by atoms with Gasteiger partial charge in [-0.1, -0.05) is 50.1 Å². The second kappa shape index (κ2) is 15.2. The standard InChI is InChI=1S/C37H46F2N6O2/c1-5-20-37(38,39)34-29(24-41-45(34)30-18-16-27(17-19-30)21-33(46)47)23-40-22-28-14-12-26(13-15-28)11-10-25(2)35-42-32-9-7-6-8-31(32)36(43-35)44(3)4/h5-9,16-19,24-26,28,40H,1,10-15,20-23H2,2-4H3,(H,46,47)/p-1. The van der Waals surface area contributed by atoms with Crippen LogP contribution in [0.4, 0.5) is 14.6 Å². The van der Waals surface area contributed by atoms with Gasteiger partial charge in [0.05, 0.1) is 17.4 Å². The van der Waals surface area contributed by atoms with E-state index in [0.29, 0.717) is 28.7 Å². The lowest BCUT2D eigenvalue weighted by Gasteiger charge is -2.29. The Morgan fingerprint density at radius 3 is 2.49 bits per heavy atom. The van der Waals surface area contributed by atoms with Gasteiger partial charge in [0.15, 0.2) is 0 Å². The molecule has 1 N–H and O–H groups in total. The van der Waals surface area contributed by atoms with Crippen LogP contribution in [0.3, 0.4) is 0 Å². The predicted octanol–water partition coefficient (Wildman–Crippen LogP) is 6.32. The fourth-order valence-electron chi connectivity index (χ4n) is 6.69. The quantitative estimate of drug-likeness (QED) is 0.151. The van der Waals surface area contributed by atoms with E-state index in [9.17, 15) is 9.90 Å². The lowest BCUT2D eigenvalue weighted by atomic mass is 9.79. The number of aliphatic carboxylic acids is 1. The van der Waals surface area contributed by atoms with Gasteiger partial charge >= 0.3 is 0 Å². The average molecular weight is 644 g/mol. The molecule has 47 heavy (non-hydrogen) atoms. The third-order valence-electron chi connectivity index (χ3n) is 9.31. The third-order valence-corrected chi connectivity index (χ3v) is 9.31. The Morgan fingerprint density at radius 2 is 1.81 bits per heavy atom. The number of carboxylic acids is 1. The molecule has 0 bridgehead atoms. The van der Waals surface area contributed by atoms with Crippen molar-refractivity contribution in [3.63, 3.8) is 0 Å². The van der Waals surface area contributed by atoms with Crippen LogP contribution in [-0.2, 0) is 23.7 Å². The summed E-state index contributed by atoms with van der Waals surface area (Å²) in [5.41, 5.74) is 2.21. The molecule has 4 aromatic rings. The van der Waals surface area contributed by atoms with Gasteiger partial charge < -0.3 is 20.1 Å². The maximum atomic E-state index is 15.4. The minimum absolute atomic E-state index is 0.177. The number of alkyl halides is 2. The first-order valence-corrected chi connectivity index (χ1v) is 16.6. The highest BCUT2D eigenvalue weighted by Gasteiger charge is 2.37. The molecule has 1 atom stereocenters. The Bertz CT molecular complexity index is 1660. The summed E-state index contributed by atoms with van der Waals surface area (Å²) in [6.45, 7) is 6.78. The largest absolute Gasteiger partial charge is 0.550 e. The number of benzene rings is 2. The number of allylic oxidation sites excluding steroid dienone is 1. The summed E-state index contributed by atoms with van der Waals surface area (Å²) in [5.74, 6) is -1.07. The molecule has 0 saturated heterocycles. The summed E-state index contributed by atoms with van der Waals surface area (Å²) < 4.78 is 32.0. The van der Waals surface area contributed by atoms with E-state index in [1.807, 2.05) is 26.2 Å². The molecule has 1 saturated carbocycles. The number of rotatable bonds is 15. The first kappa shape index (κ1) is 34.2. The summed E-state index contributed by atoms with van der Waals surface area (Å²) in [4.78, 5) is 22.8. The number of hydrogen-bond acceptors (Lipinski definition) is 7. The number of nitrogens with one attached hydrogen (secondary N) is 1. The van der Waals surface area contributed by atoms with Gasteiger partial charge in [0, 0.05) is 56.3 Å². The predicted molar refractivity (Wildman–Crippen MR) is 180 cm³/mol. The van der Waals surface area contributed by atoms with E-state index in [1.165, 1.54) is 17.0 Å². The van der Waals surface area contributed by atoms with E-state index in [0.717, 1.165) is 67.6 Å². The number of carbonyl (C=O) groups excluding carboxylic acids is 1. The normalized spacial score (nSPS) is 17.5. The highest BCUT2D eigenvalue weighted by molar-refractivity contribution is 5.89. The average Bonchev–Trinajstić information content (AvgIpc) is 3.48. The van der Waals surface area contributed by atoms with Gasteiger partial charge in [0.25, 0.3) is 5.92 Å². The monoisotopic (exact) mass is 643 g/mol. The number of fused-ring (bicyclic) bond motifs is 1. The smallest absolute Gasteiger partial charge is 0.293 e. The molecule has 2 aromatic heterocycles. The van der Waals surface area contributed by atoms with Gasteiger partial charge in [-0.25, -0.2) is 14.6 Å². The lowest BCUT2D eigenvalue weighted by molar-refractivity contribution is -0.304. The summed E-state index contributed by atoms with van der Waals surface area (Å²) >= 11 is 0. The molecule has 10 heteroatoms. The molecule has 250 valence electrons. The van der Waals surface area contributed by atoms with Crippen LogP contribution in [-0.4, -0.2) is 46.4 Å². The molecule has 1 unspecified atom stereocenters. The van der Waals surface area contributed by atoms with Crippen molar-refractivity contribution in [1.82, 2.24) is 25.1 Å². The minimum Gasteiger partial charge on any atom is -0.550 e. The summed E-state index contributed by atoms with van der Waals surface area (Å²) in [7, 11) is 4.04. The van der Waals surface area contributed by atoms with Crippen molar-refractivity contribution < 1.29 is 18.7 Å². The van der Waals surface area contributed by atoms with Gasteiger partial charge in [-0.05, 0) is 73.9 Å².